The lowest BCUT2D eigenvalue weighted by Gasteiger charge is -2.10. The van der Waals surface area contributed by atoms with Crippen LogP contribution in [0, 0.1) is 0 Å². The lowest BCUT2D eigenvalue weighted by molar-refractivity contribution is 0.170. The second-order valence-electron chi connectivity index (χ2n) is 4.33. The Hall–Kier alpha value is -1.52. The van der Waals surface area contributed by atoms with Gasteiger partial charge in [0.15, 0.2) is 11.3 Å². The molecule has 1 atom stereocenters. The molecule has 0 bridgehead atoms. The highest BCUT2D eigenvalue weighted by molar-refractivity contribution is 5.83. The van der Waals surface area contributed by atoms with Crippen LogP contribution in [0.5, 0.6) is 5.75 Å². The summed E-state index contributed by atoms with van der Waals surface area (Å²) in [6, 6.07) is 8.20. The molecule has 0 aliphatic heterocycles. The number of furan rings is 1. The van der Waals surface area contributed by atoms with E-state index < -0.39 is 0 Å². The fraction of sp³-hybridized carbons (Fsp3) is 0.429. The van der Waals surface area contributed by atoms with Crippen LogP contribution in [-0.4, -0.2) is 26.9 Å². The van der Waals surface area contributed by atoms with Gasteiger partial charge in [-0.25, -0.2) is 0 Å². The van der Waals surface area contributed by atoms with Gasteiger partial charge >= 0.3 is 0 Å². The molecule has 2 rings (SSSR count). The summed E-state index contributed by atoms with van der Waals surface area (Å²) in [6.45, 7) is 3.44. The largest absolute Gasteiger partial charge is 0.493 e. The first-order valence-corrected chi connectivity index (χ1v) is 6.02. The molecule has 0 radical (unpaired) electrons. The highest BCUT2D eigenvalue weighted by Crippen LogP contribution is 2.28. The maximum atomic E-state index is 5.79. The van der Waals surface area contributed by atoms with Crippen molar-refractivity contribution in [2.75, 3.05) is 20.8 Å². The lowest BCUT2D eigenvalue weighted by atomic mass is 10.2. The quantitative estimate of drug-likeness (QED) is 0.854. The number of fused-ring (bicyclic) bond motifs is 1. The van der Waals surface area contributed by atoms with Gasteiger partial charge < -0.3 is 19.2 Å². The Morgan fingerprint density at radius 3 is 2.89 bits per heavy atom. The van der Waals surface area contributed by atoms with Crippen molar-refractivity contribution in [2.45, 2.75) is 19.5 Å². The van der Waals surface area contributed by atoms with E-state index in [0.717, 1.165) is 22.5 Å². The molecule has 0 fully saturated rings. The van der Waals surface area contributed by atoms with Crippen LogP contribution >= 0.6 is 0 Å². The predicted molar refractivity (Wildman–Crippen MR) is 70.9 cm³/mol. The molecule has 0 saturated carbocycles. The topological polar surface area (TPSA) is 43.6 Å². The number of hydrogen-bond acceptors (Lipinski definition) is 4. The van der Waals surface area contributed by atoms with Crippen LogP contribution in [0.25, 0.3) is 11.0 Å². The number of rotatable bonds is 6. The Balaban J connectivity index is 2.10. The first-order chi connectivity index (χ1) is 8.74. The molecule has 1 aromatic heterocycles. The lowest BCUT2D eigenvalue weighted by Crippen LogP contribution is -2.29. The third kappa shape index (κ3) is 2.83. The molecule has 0 aliphatic rings. The normalized spacial score (nSPS) is 12.8. The number of ether oxygens (including phenoxy) is 2. The van der Waals surface area contributed by atoms with Crippen molar-refractivity contribution in [1.29, 1.82) is 0 Å². The first-order valence-electron chi connectivity index (χ1n) is 6.02. The number of benzene rings is 1. The second kappa shape index (κ2) is 5.89. The predicted octanol–water partition coefficient (Wildman–Crippen LogP) is 2.57. The standard InChI is InChI=1S/C14H19NO3/c1-10(9-16-2)15-8-12-7-11-5-4-6-13(17-3)14(11)18-12/h4-7,10,15H,8-9H2,1-3H3. The zero-order chi connectivity index (χ0) is 13.0. The molecule has 0 amide bonds. The molecule has 1 heterocycles. The average Bonchev–Trinajstić information content (AvgIpc) is 2.79. The minimum Gasteiger partial charge on any atom is -0.493 e. The summed E-state index contributed by atoms with van der Waals surface area (Å²) < 4.78 is 16.1. The van der Waals surface area contributed by atoms with Gasteiger partial charge in [-0.2, -0.15) is 0 Å². The Morgan fingerprint density at radius 2 is 2.17 bits per heavy atom. The maximum Gasteiger partial charge on any atom is 0.176 e. The van der Waals surface area contributed by atoms with E-state index in [4.69, 9.17) is 13.9 Å². The van der Waals surface area contributed by atoms with Gasteiger partial charge in [0.25, 0.3) is 0 Å². The van der Waals surface area contributed by atoms with Crippen molar-refractivity contribution in [3.8, 4) is 5.75 Å². The molecule has 98 valence electrons. The number of hydrogen-bond donors (Lipinski definition) is 1. The Bertz CT molecular complexity index is 507. The van der Waals surface area contributed by atoms with Gasteiger partial charge in [-0.3, -0.25) is 0 Å². The van der Waals surface area contributed by atoms with E-state index >= 15 is 0 Å². The summed E-state index contributed by atoms with van der Waals surface area (Å²) in [6.07, 6.45) is 0. The fourth-order valence-electron chi connectivity index (χ4n) is 1.92. The van der Waals surface area contributed by atoms with Crippen molar-refractivity contribution < 1.29 is 13.9 Å². The molecule has 0 spiro atoms. The van der Waals surface area contributed by atoms with Crippen molar-refractivity contribution in [1.82, 2.24) is 5.32 Å². The van der Waals surface area contributed by atoms with Crippen LogP contribution in [0.3, 0.4) is 0 Å². The van der Waals surface area contributed by atoms with Gasteiger partial charge in [0.05, 0.1) is 20.3 Å². The van der Waals surface area contributed by atoms with Gasteiger partial charge in [0.2, 0.25) is 0 Å². The van der Waals surface area contributed by atoms with Crippen LogP contribution in [-0.2, 0) is 11.3 Å². The summed E-state index contributed by atoms with van der Waals surface area (Å²) in [5.74, 6) is 1.67. The highest BCUT2D eigenvalue weighted by Gasteiger charge is 2.09. The molecule has 0 aliphatic carbocycles. The molecule has 18 heavy (non-hydrogen) atoms. The van der Waals surface area contributed by atoms with E-state index in [-0.39, 0.29) is 0 Å². The van der Waals surface area contributed by atoms with Crippen LogP contribution < -0.4 is 10.1 Å². The minimum absolute atomic E-state index is 0.296. The maximum absolute atomic E-state index is 5.79. The van der Waals surface area contributed by atoms with Gasteiger partial charge in [-0.15, -0.1) is 0 Å². The van der Waals surface area contributed by atoms with Gasteiger partial charge in [0.1, 0.15) is 5.76 Å². The van der Waals surface area contributed by atoms with Crippen molar-refractivity contribution >= 4 is 11.0 Å². The van der Waals surface area contributed by atoms with E-state index in [1.165, 1.54) is 0 Å². The third-order valence-corrected chi connectivity index (χ3v) is 2.82. The van der Waals surface area contributed by atoms with Gasteiger partial charge in [-0.1, -0.05) is 12.1 Å². The average molecular weight is 249 g/mol. The summed E-state index contributed by atoms with van der Waals surface area (Å²) >= 11 is 0. The van der Waals surface area contributed by atoms with Crippen molar-refractivity contribution in [3.05, 3.63) is 30.0 Å². The van der Waals surface area contributed by atoms with E-state index in [1.54, 1.807) is 14.2 Å². The molecule has 2 aromatic rings. The summed E-state index contributed by atoms with van der Waals surface area (Å²) in [5, 5.41) is 4.40. The van der Waals surface area contributed by atoms with Crippen LogP contribution in [0.15, 0.2) is 28.7 Å². The van der Waals surface area contributed by atoms with E-state index in [0.29, 0.717) is 19.2 Å². The molecular formula is C14H19NO3. The zero-order valence-corrected chi connectivity index (χ0v) is 11.0. The van der Waals surface area contributed by atoms with Crippen LogP contribution in [0.2, 0.25) is 0 Å². The van der Waals surface area contributed by atoms with E-state index in [2.05, 4.69) is 12.2 Å². The molecule has 1 unspecified atom stereocenters. The number of nitrogens with one attached hydrogen (secondary N) is 1. The van der Waals surface area contributed by atoms with Gasteiger partial charge in [-0.05, 0) is 19.1 Å². The molecular weight excluding hydrogens is 230 g/mol. The highest BCUT2D eigenvalue weighted by atomic mass is 16.5. The second-order valence-corrected chi connectivity index (χ2v) is 4.33. The Labute approximate surface area is 107 Å². The molecule has 1 N–H and O–H groups in total. The third-order valence-electron chi connectivity index (χ3n) is 2.82. The van der Waals surface area contributed by atoms with E-state index in [1.807, 2.05) is 24.3 Å². The van der Waals surface area contributed by atoms with Crippen molar-refractivity contribution in [3.63, 3.8) is 0 Å². The fourth-order valence-corrected chi connectivity index (χ4v) is 1.92. The number of methoxy groups -OCH3 is 2. The summed E-state index contributed by atoms with van der Waals surface area (Å²) in [4.78, 5) is 0. The summed E-state index contributed by atoms with van der Waals surface area (Å²) in [7, 11) is 3.35. The molecule has 4 nitrogen and oxygen atoms in total. The van der Waals surface area contributed by atoms with Crippen molar-refractivity contribution in [2.24, 2.45) is 0 Å². The molecule has 1 aromatic carbocycles. The monoisotopic (exact) mass is 249 g/mol. The Morgan fingerprint density at radius 1 is 1.33 bits per heavy atom. The SMILES string of the molecule is COCC(C)NCc1cc2cccc(OC)c2o1. The first kappa shape index (κ1) is 12.9. The van der Waals surface area contributed by atoms with Crippen LogP contribution in [0.1, 0.15) is 12.7 Å². The summed E-state index contributed by atoms with van der Waals surface area (Å²) in [5.41, 5.74) is 0.802. The van der Waals surface area contributed by atoms with E-state index in [9.17, 15) is 0 Å². The Kier molecular flexibility index (Phi) is 4.23. The molecule has 4 heteroatoms. The minimum atomic E-state index is 0.296. The number of para-hydroxylation sites is 1. The molecule has 0 saturated heterocycles. The van der Waals surface area contributed by atoms with Gasteiger partial charge in [0, 0.05) is 18.5 Å². The smallest absolute Gasteiger partial charge is 0.176 e. The zero-order valence-electron chi connectivity index (χ0n) is 11.0. The van der Waals surface area contributed by atoms with Crippen LogP contribution in [0.4, 0.5) is 0 Å².